The molecule has 14 heteroatoms. The largest absolute Gasteiger partial charge is 0.416 e. The molecule has 2 fully saturated rings. The number of nitrogens with zero attached hydrogens (tertiary/aromatic N) is 5. The average Bonchev–Trinajstić information content (AvgIpc) is 3.58. The highest BCUT2D eigenvalue weighted by molar-refractivity contribution is 6.04. The number of halogens is 3. The minimum absolute atomic E-state index is 0.0199. The first-order valence-corrected chi connectivity index (χ1v) is 14.4. The second kappa shape index (κ2) is 11.8. The molecular weight excluding hydrogens is 577 g/mol. The highest BCUT2D eigenvalue weighted by Gasteiger charge is 2.38. The van der Waals surface area contributed by atoms with Crippen molar-refractivity contribution in [3.8, 4) is 11.3 Å². The molecule has 0 saturated carbocycles. The van der Waals surface area contributed by atoms with Gasteiger partial charge in [-0.25, -0.2) is 15.0 Å². The van der Waals surface area contributed by atoms with E-state index >= 15 is 0 Å². The Labute approximate surface area is 250 Å². The zero-order chi connectivity index (χ0) is 31.0. The van der Waals surface area contributed by atoms with Crippen molar-refractivity contribution in [2.75, 3.05) is 23.7 Å². The van der Waals surface area contributed by atoms with Gasteiger partial charge in [0, 0.05) is 54.6 Å². The molecule has 3 atom stereocenters. The minimum Gasteiger partial charge on any atom is -0.361 e. The van der Waals surface area contributed by atoms with Crippen LogP contribution < -0.4 is 16.0 Å². The molecule has 6 rings (SSSR count). The van der Waals surface area contributed by atoms with E-state index < -0.39 is 24.0 Å². The molecule has 2 aliphatic rings. The number of fused-ring (bicyclic) bond motifs is 2. The standard InChI is InChI=1S/C30H31F3N8O3/c1-2-34-29(44)39-26-25-24(38-27(40(25)14-13-36-26)19-7-8-21-9-10-23(42)41(21)16-19)17-3-5-18(6-4-17)28(43)37-22-15-20(11-12-35-22)30(31,32)33/h3-6,11-15,19,21,29,34,44H,2,7-10,16H2,1H3,(H,36,39)(H,35,37,43)/t19-,21+,29?/m1/s1. The van der Waals surface area contributed by atoms with Gasteiger partial charge in [-0.05, 0) is 50.1 Å². The quantitative estimate of drug-likeness (QED) is 0.218. The first-order chi connectivity index (χ1) is 21.1. The van der Waals surface area contributed by atoms with Crippen molar-refractivity contribution in [1.29, 1.82) is 0 Å². The van der Waals surface area contributed by atoms with Crippen molar-refractivity contribution in [1.82, 2.24) is 29.6 Å². The number of carbonyl (C=O) groups excluding carboxylic acids is 2. The second-order valence-electron chi connectivity index (χ2n) is 10.9. The number of hydrogen-bond acceptors (Lipinski definition) is 8. The van der Waals surface area contributed by atoms with E-state index in [1.807, 2.05) is 16.2 Å². The van der Waals surface area contributed by atoms with Crippen LogP contribution in [-0.2, 0) is 11.0 Å². The van der Waals surface area contributed by atoms with Gasteiger partial charge in [0.15, 0.2) is 12.2 Å². The number of imidazole rings is 1. The third-order valence-corrected chi connectivity index (χ3v) is 8.09. The molecule has 3 aromatic heterocycles. The Morgan fingerprint density at radius 3 is 2.66 bits per heavy atom. The normalized spacial score (nSPS) is 19.2. The predicted octanol–water partition coefficient (Wildman–Crippen LogP) is 4.23. The zero-order valence-electron chi connectivity index (χ0n) is 23.8. The van der Waals surface area contributed by atoms with Crippen LogP contribution in [0.25, 0.3) is 16.8 Å². The first-order valence-electron chi connectivity index (χ1n) is 14.4. The van der Waals surface area contributed by atoms with Crippen molar-refractivity contribution < 1.29 is 27.9 Å². The number of rotatable bonds is 8. The van der Waals surface area contributed by atoms with E-state index in [1.165, 1.54) is 0 Å². The molecule has 2 amide bonds. The molecule has 0 radical (unpaired) electrons. The molecule has 1 unspecified atom stereocenters. The summed E-state index contributed by atoms with van der Waals surface area (Å²) in [6, 6.07) is 8.36. The Bertz CT molecular complexity index is 1690. The highest BCUT2D eigenvalue weighted by atomic mass is 19.4. The maximum atomic E-state index is 13.1. The molecule has 1 aromatic carbocycles. The lowest BCUT2D eigenvalue weighted by Crippen LogP contribution is -2.41. The van der Waals surface area contributed by atoms with Crippen LogP contribution in [-0.4, -0.2) is 66.7 Å². The highest BCUT2D eigenvalue weighted by Crippen LogP contribution is 2.38. The summed E-state index contributed by atoms with van der Waals surface area (Å²) in [6.07, 6.45) is 1.96. The molecule has 5 heterocycles. The van der Waals surface area contributed by atoms with Gasteiger partial charge < -0.3 is 20.6 Å². The van der Waals surface area contributed by atoms with Crippen LogP contribution in [0.4, 0.5) is 24.8 Å². The first kappa shape index (κ1) is 29.5. The summed E-state index contributed by atoms with van der Waals surface area (Å²) in [5.41, 5.74) is 1.12. The molecule has 44 heavy (non-hydrogen) atoms. The van der Waals surface area contributed by atoms with E-state index in [4.69, 9.17) is 4.98 Å². The number of aliphatic hydroxyl groups is 1. The summed E-state index contributed by atoms with van der Waals surface area (Å²) >= 11 is 0. The molecule has 0 spiro atoms. The van der Waals surface area contributed by atoms with Gasteiger partial charge in [0.2, 0.25) is 5.91 Å². The average molecular weight is 609 g/mol. The fraction of sp³-hybridized carbons (Fsp3) is 0.367. The van der Waals surface area contributed by atoms with Crippen molar-refractivity contribution in [2.45, 2.75) is 57.1 Å². The van der Waals surface area contributed by atoms with Gasteiger partial charge in [0.1, 0.15) is 22.9 Å². The van der Waals surface area contributed by atoms with Gasteiger partial charge in [0.05, 0.1) is 5.56 Å². The molecule has 230 valence electrons. The molecule has 2 aliphatic heterocycles. The van der Waals surface area contributed by atoms with E-state index in [2.05, 4.69) is 25.9 Å². The zero-order valence-corrected chi connectivity index (χ0v) is 23.8. The van der Waals surface area contributed by atoms with Gasteiger partial charge in [-0.15, -0.1) is 0 Å². The van der Waals surface area contributed by atoms with Gasteiger partial charge in [-0.2, -0.15) is 13.2 Å². The number of nitrogens with one attached hydrogen (secondary N) is 3. The monoisotopic (exact) mass is 608 g/mol. The van der Waals surface area contributed by atoms with Gasteiger partial charge in [-0.3, -0.25) is 19.3 Å². The number of carbonyl (C=O) groups is 2. The molecule has 0 aliphatic carbocycles. The second-order valence-corrected chi connectivity index (χ2v) is 10.9. The van der Waals surface area contributed by atoms with E-state index in [-0.39, 0.29) is 29.2 Å². The molecule has 4 aromatic rings. The lowest BCUT2D eigenvalue weighted by molar-refractivity contribution is -0.137. The van der Waals surface area contributed by atoms with Crippen LogP contribution in [0, 0.1) is 0 Å². The maximum Gasteiger partial charge on any atom is 0.416 e. The minimum atomic E-state index is -4.56. The van der Waals surface area contributed by atoms with Crippen LogP contribution in [0.2, 0.25) is 0 Å². The Morgan fingerprint density at radius 2 is 1.91 bits per heavy atom. The number of aliphatic hydroxyl groups excluding tert-OH is 1. The summed E-state index contributed by atoms with van der Waals surface area (Å²) in [5, 5.41) is 18.7. The van der Waals surface area contributed by atoms with Gasteiger partial charge in [0.25, 0.3) is 5.91 Å². The number of benzene rings is 1. The summed E-state index contributed by atoms with van der Waals surface area (Å²) in [6.45, 7) is 2.94. The third kappa shape index (κ3) is 5.82. The van der Waals surface area contributed by atoms with Crippen molar-refractivity contribution in [2.24, 2.45) is 0 Å². The van der Waals surface area contributed by atoms with Crippen molar-refractivity contribution in [3.63, 3.8) is 0 Å². The van der Waals surface area contributed by atoms with Crippen molar-refractivity contribution >= 4 is 29.0 Å². The smallest absolute Gasteiger partial charge is 0.361 e. The Kier molecular flexibility index (Phi) is 7.95. The van der Waals surface area contributed by atoms with Gasteiger partial charge >= 0.3 is 6.18 Å². The van der Waals surface area contributed by atoms with E-state index in [0.29, 0.717) is 42.1 Å². The number of pyridine rings is 1. The number of aromatic nitrogens is 4. The van der Waals surface area contributed by atoms with Crippen LogP contribution in [0.1, 0.15) is 60.3 Å². The number of piperidine rings is 1. The maximum absolute atomic E-state index is 13.1. The van der Waals surface area contributed by atoms with Crippen LogP contribution >= 0.6 is 0 Å². The Balaban J connectivity index is 1.33. The van der Waals surface area contributed by atoms with E-state index in [1.54, 1.807) is 36.7 Å². The summed E-state index contributed by atoms with van der Waals surface area (Å²) < 4.78 is 41.2. The Morgan fingerprint density at radius 1 is 1.11 bits per heavy atom. The number of hydrogen-bond donors (Lipinski definition) is 4. The number of anilines is 2. The molecular formula is C30H31F3N8O3. The van der Waals surface area contributed by atoms with E-state index in [9.17, 15) is 27.9 Å². The SMILES string of the molecule is CCNC(O)Nc1nccn2c([C@@H]3CC[C@H]4CCC(=O)N4C3)nc(-c3ccc(C(=O)Nc4cc(C(F)(F)F)ccn4)cc3)c12. The molecule has 11 nitrogen and oxygen atoms in total. The van der Waals surface area contributed by atoms with Crippen LogP contribution in [0.5, 0.6) is 0 Å². The molecule has 4 N–H and O–H groups in total. The predicted molar refractivity (Wildman–Crippen MR) is 156 cm³/mol. The third-order valence-electron chi connectivity index (χ3n) is 8.09. The number of amides is 2. The van der Waals surface area contributed by atoms with E-state index in [0.717, 1.165) is 43.4 Å². The van der Waals surface area contributed by atoms with Crippen LogP contribution in [0.3, 0.4) is 0 Å². The fourth-order valence-electron chi connectivity index (χ4n) is 5.95. The summed E-state index contributed by atoms with van der Waals surface area (Å²) in [4.78, 5) is 40.7. The molecule has 2 saturated heterocycles. The molecule has 0 bridgehead atoms. The van der Waals surface area contributed by atoms with Gasteiger partial charge in [-0.1, -0.05) is 19.1 Å². The Hall–Kier alpha value is -4.56. The van der Waals surface area contributed by atoms with Crippen LogP contribution in [0.15, 0.2) is 55.0 Å². The number of alkyl halides is 3. The lowest BCUT2D eigenvalue weighted by Gasteiger charge is -2.34. The van der Waals surface area contributed by atoms with Crippen molar-refractivity contribution in [3.05, 3.63) is 71.9 Å². The summed E-state index contributed by atoms with van der Waals surface area (Å²) in [5.74, 6) is 0.447. The topological polar surface area (TPSA) is 137 Å². The lowest BCUT2D eigenvalue weighted by atomic mass is 9.92. The summed E-state index contributed by atoms with van der Waals surface area (Å²) in [7, 11) is 0. The fourth-order valence-corrected chi connectivity index (χ4v) is 5.95.